The van der Waals surface area contributed by atoms with Gasteiger partial charge in [0.25, 0.3) is 5.91 Å². The zero-order valence-corrected chi connectivity index (χ0v) is 10.7. The molecule has 0 spiro atoms. The van der Waals surface area contributed by atoms with Crippen LogP contribution < -0.4 is 5.32 Å². The molecule has 1 unspecified atom stereocenters. The van der Waals surface area contributed by atoms with Crippen LogP contribution in [0.4, 0.5) is 0 Å². The Hall–Kier alpha value is -2.11. The predicted molar refractivity (Wildman–Crippen MR) is 66.8 cm³/mol. The van der Waals surface area contributed by atoms with Crippen LogP contribution in [0.2, 0.25) is 0 Å². The second kappa shape index (κ2) is 5.26. The van der Waals surface area contributed by atoms with Gasteiger partial charge in [0.05, 0.1) is 0 Å². The summed E-state index contributed by atoms with van der Waals surface area (Å²) in [6, 6.07) is 0.582. The number of aliphatic carboxylic acids is 1. The molecule has 0 aliphatic heterocycles. The number of nitrogens with zero attached hydrogens (tertiary/aromatic N) is 1. The molecule has 1 aliphatic rings. The number of carbonyl (C=O) groups is 2. The molecule has 0 aromatic carbocycles. The van der Waals surface area contributed by atoms with Gasteiger partial charge in [0, 0.05) is 12.0 Å². The highest BCUT2D eigenvalue weighted by Gasteiger charge is 2.29. The molecule has 6 nitrogen and oxygen atoms in total. The van der Waals surface area contributed by atoms with Crippen LogP contribution in [0.25, 0.3) is 0 Å². The number of carboxylic acid groups (broad SMARTS) is 1. The Labute approximate surface area is 110 Å². The van der Waals surface area contributed by atoms with Crippen molar-refractivity contribution < 1.29 is 19.2 Å². The number of aromatic nitrogens is 1. The Kier molecular flexibility index (Phi) is 3.69. The van der Waals surface area contributed by atoms with E-state index in [0.717, 1.165) is 12.8 Å². The van der Waals surface area contributed by atoms with Crippen LogP contribution in [-0.4, -0.2) is 28.2 Å². The Balaban J connectivity index is 2.00. The van der Waals surface area contributed by atoms with Crippen LogP contribution in [0.3, 0.4) is 0 Å². The van der Waals surface area contributed by atoms with Gasteiger partial charge in [-0.05, 0) is 26.2 Å². The second-order valence-corrected chi connectivity index (χ2v) is 4.91. The molecule has 6 heteroatoms. The van der Waals surface area contributed by atoms with Gasteiger partial charge in [0.2, 0.25) is 0 Å². The Morgan fingerprint density at radius 1 is 1.63 bits per heavy atom. The van der Waals surface area contributed by atoms with Crippen molar-refractivity contribution in [3.63, 3.8) is 0 Å². The SMILES string of the molecule is C=C(C)CC(NC(=O)c1cc(C2CC2)on1)C(=O)O. The normalized spacial score (nSPS) is 15.8. The maximum Gasteiger partial charge on any atom is 0.326 e. The maximum atomic E-state index is 11.9. The number of carbonyl (C=O) groups excluding carboxylic acids is 1. The fourth-order valence-corrected chi connectivity index (χ4v) is 1.74. The molecule has 102 valence electrons. The van der Waals surface area contributed by atoms with Crippen molar-refractivity contribution in [3.05, 3.63) is 29.7 Å². The first-order valence-corrected chi connectivity index (χ1v) is 6.12. The average Bonchev–Trinajstić information content (AvgIpc) is 3.05. The van der Waals surface area contributed by atoms with E-state index in [4.69, 9.17) is 9.63 Å². The van der Waals surface area contributed by atoms with Gasteiger partial charge in [-0.3, -0.25) is 4.79 Å². The topological polar surface area (TPSA) is 92.4 Å². The molecule has 1 atom stereocenters. The van der Waals surface area contributed by atoms with Crippen LogP contribution in [0.1, 0.15) is 48.4 Å². The van der Waals surface area contributed by atoms with Gasteiger partial charge in [-0.25, -0.2) is 4.79 Å². The molecule has 1 saturated carbocycles. The Bertz CT molecular complexity index is 516. The molecule has 1 aromatic heterocycles. The minimum absolute atomic E-state index is 0.120. The molecule has 19 heavy (non-hydrogen) atoms. The van der Waals surface area contributed by atoms with E-state index >= 15 is 0 Å². The number of hydrogen-bond acceptors (Lipinski definition) is 4. The largest absolute Gasteiger partial charge is 0.480 e. The van der Waals surface area contributed by atoms with Crippen LogP contribution in [0.15, 0.2) is 22.7 Å². The molecule has 1 amide bonds. The molecule has 1 fully saturated rings. The molecular weight excluding hydrogens is 248 g/mol. The highest BCUT2D eigenvalue weighted by Crippen LogP contribution is 2.40. The molecule has 0 saturated heterocycles. The van der Waals surface area contributed by atoms with E-state index < -0.39 is 17.9 Å². The van der Waals surface area contributed by atoms with Crippen molar-refractivity contribution in [3.8, 4) is 0 Å². The monoisotopic (exact) mass is 264 g/mol. The number of rotatable bonds is 6. The molecule has 0 bridgehead atoms. The predicted octanol–water partition coefficient (Wildman–Crippen LogP) is 1.70. The van der Waals surface area contributed by atoms with Crippen LogP contribution >= 0.6 is 0 Å². The minimum Gasteiger partial charge on any atom is -0.480 e. The van der Waals surface area contributed by atoms with Crippen LogP contribution in [0.5, 0.6) is 0 Å². The molecular formula is C13H16N2O4. The van der Waals surface area contributed by atoms with Crippen molar-refractivity contribution in [2.45, 2.75) is 38.1 Å². The van der Waals surface area contributed by atoms with E-state index in [-0.39, 0.29) is 12.1 Å². The molecule has 2 N–H and O–H groups in total. The van der Waals surface area contributed by atoms with E-state index in [1.807, 2.05) is 0 Å². The standard InChI is InChI=1S/C13H16N2O4/c1-7(2)5-10(13(17)18)14-12(16)9-6-11(19-15-9)8-3-4-8/h6,8,10H,1,3-5H2,2H3,(H,14,16)(H,17,18). The van der Waals surface area contributed by atoms with E-state index in [1.165, 1.54) is 0 Å². The van der Waals surface area contributed by atoms with Gasteiger partial charge in [-0.1, -0.05) is 10.7 Å². The van der Waals surface area contributed by atoms with Gasteiger partial charge in [0.1, 0.15) is 11.8 Å². The molecule has 1 aromatic rings. The summed E-state index contributed by atoms with van der Waals surface area (Å²) in [5, 5.41) is 15.1. The van der Waals surface area contributed by atoms with E-state index in [9.17, 15) is 9.59 Å². The fraction of sp³-hybridized carbons (Fsp3) is 0.462. The Morgan fingerprint density at radius 2 is 2.32 bits per heavy atom. The summed E-state index contributed by atoms with van der Waals surface area (Å²) in [7, 11) is 0. The molecule has 1 aliphatic carbocycles. The Morgan fingerprint density at radius 3 is 2.84 bits per heavy atom. The summed E-state index contributed by atoms with van der Waals surface area (Å²) in [5.74, 6) is -0.580. The van der Waals surface area contributed by atoms with Gasteiger partial charge in [-0.15, -0.1) is 6.58 Å². The third kappa shape index (κ3) is 3.43. The first-order valence-electron chi connectivity index (χ1n) is 6.12. The maximum absolute atomic E-state index is 11.9. The third-order valence-corrected chi connectivity index (χ3v) is 2.90. The van der Waals surface area contributed by atoms with Gasteiger partial charge in [0.15, 0.2) is 5.69 Å². The fourth-order valence-electron chi connectivity index (χ4n) is 1.74. The minimum atomic E-state index is -1.10. The lowest BCUT2D eigenvalue weighted by atomic mass is 10.1. The summed E-state index contributed by atoms with van der Waals surface area (Å²) >= 11 is 0. The summed E-state index contributed by atoms with van der Waals surface area (Å²) in [6.07, 6.45) is 2.28. The highest BCUT2D eigenvalue weighted by molar-refractivity contribution is 5.95. The second-order valence-electron chi connectivity index (χ2n) is 4.91. The summed E-state index contributed by atoms with van der Waals surface area (Å²) in [5.41, 5.74) is 0.807. The van der Waals surface area contributed by atoms with Crippen molar-refractivity contribution in [1.82, 2.24) is 10.5 Å². The summed E-state index contributed by atoms with van der Waals surface area (Å²) in [4.78, 5) is 22.9. The smallest absolute Gasteiger partial charge is 0.326 e. The molecule has 2 rings (SSSR count). The quantitative estimate of drug-likeness (QED) is 0.763. The average molecular weight is 264 g/mol. The van der Waals surface area contributed by atoms with Crippen LogP contribution in [0, 0.1) is 0 Å². The summed E-state index contributed by atoms with van der Waals surface area (Å²) < 4.78 is 5.06. The summed E-state index contributed by atoms with van der Waals surface area (Å²) in [6.45, 7) is 5.36. The highest BCUT2D eigenvalue weighted by atomic mass is 16.5. The molecule has 0 radical (unpaired) electrons. The van der Waals surface area contributed by atoms with Crippen molar-refractivity contribution in [2.24, 2.45) is 0 Å². The van der Waals surface area contributed by atoms with Crippen molar-refractivity contribution in [2.75, 3.05) is 0 Å². The lowest BCUT2D eigenvalue weighted by Gasteiger charge is -2.13. The van der Waals surface area contributed by atoms with E-state index in [0.29, 0.717) is 17.3 Å². The molecule has 1 heterocycles. The van der Waals surface area contributed by atoms with E-state index in [1.54, 1.807) is 13.0 Å². The number of hydrogen-bond donors (Lipinski definition) is 2. The van der Waals surface area contributed by atoms with Crippen LogP contribution in [-0.2, 0) is 4.79 Å². The first kappa shape index (κ1) is 13.3. The third-order valence-electron chi connectivity index (χ3n) is 2.90. The van der Waals surface area contributed by atoms with Crippen molar-refractivity contribution >= 4 is 11.9 Å². The number of nitrogens with one attached hydrogen (secondary N) is 1. The van der Waals surface area contributed by atoms with Gasteiger partial charge >= 0.3 is 5.97 Å². The number of amides is 1. The lowest BCUT2D eigenvalue weighted by molar-refractivity contribution is -0.139. The lowest BCUT2D eigenvalue weighted by Crippen LogP contribution is -2.41. The zero-order chi connectivity index (χ0) is 14.0. The zero-order valence-electron chi connectivity index (χ0n) is 10.7. The van der Waals surface area contributed by atoms with Gasteiger partial charge in [-0.2, -0.15) is 0 Å². The van der Waals surface area contributed by atoms with Gasteiger partial charge < -0.3 is 14.9 Å². The number of carboxylic acids is 1. The van der Waals surface area contributed by atoms with E-state index in [2.05, 4.69) is 17.1 Å². The first-order chi connectivity index (χ1) is 8.97. The van der Waals surface area contributed by atoms with Crippen molar-refractivity contribution in [1.29, 1.82) is 0 Å².